The van der Waals surface area contributed by atoms with Crippen molar-refractivity contribution < 1.29 is 9.90 Å². The Hall–Kier alpha value is -2.49. The van der Waals surface area contributed by atoms with Gasteiger partial charge in [0, 0.05) is 5.69 Å². The van der Waals surface area contributed by atoms with E-state index in [1.54, 1.807) is 30.3 Å². The maximum atomic E-state index is 12.1. The van der Waals surface area contributed by atoms with Gasteiger partial charge in [-0.1, -0.05) is 18.2 Å². The average molecular weight is 270 g/mol. The van der Waals surface area contributed by atoms with Crippen LogP contribution >= 0.6 is 0 Å². The van der Waals surface area contributed by atoms with Crippen molar-refractivity contribution in [3.8, 4) is 5.75 Å². The van der Waals surface area contributed by atoms with E-state index in [-0.39, 0.29) is 23.3 Å². The first-order valence-electron chi connectivity index (χ1n) is 6.43. The monoisotopic (exact) mass is 270 g/mol. The van der Waals surface area contributed by atoms with Gasteiger partial charge >= 0.3 is 0 Å². The van der Waals surface area contributed by atoms with Gasteiger partial charge in [-0.15, -0.1) is 0 Å². The Balaban J connectivity index is 2.13. The molecule has 0 saturated carbocycles. The van der Waals surface area contributed by atoms with Crippen LogP contribution in [0.5, 0.6) is 5.75 Å². The highest BCUT2D eigenvalue weighted by Gasteiger charge is 2.14. The van der Waals surface area contributed by atoms with E-state index < -0.39 is 0 Å². The number of carbonyl (C=O) groups excluding carboxylic acids is 1. The molecule has 1 unspecified atom stereocenters. The second-order valence-corrected chi connectivity index (χ2v) is 4.88. The molecule has 1 atom stereocenters. The lowest BCUT2D eigenvalue weighted by molar-refractivity contribution is 0.0937. The summed E-state index contributed by atoms with van der Waals surface area (Å²) < 4.78 is 0. The van der Waals surface area contributed by atoms with E-state index in [1.165, 1.54) is 0 Å². The van der Waals surface area contributed by atoms with Crippen molar-refractivity contribution in [1.29, 1.82) is 0 Å². The summed E-state index contributed by atoms with van der Waals surface area (Å²) in [5.41, 5.74) is 8.46. The van der Waals surface area contributed by atoms with Gasteiger partial charge < -0.3 is 16.2 Å². The highest BCUT2D eigenvalue weighted by atomic mass is 16.3. The highest BCUT2D eigenvalue weighted by Crippen LogP contribution is 2.20. The number of aryl methyl sites for hydroxylation is 1. The summed E-state index contributed by atoms with van der Waals surface area (Å²) in [6, 6.07) is 12.2. The van der Waals surface area contributed by atoms with Crippen LogP contribution in [0.25, 0.3) is 0 Å². The Morgan fingerprint density at radius 3 is 2.45 bits per heavy atom. The van der Waals surface area contributed by atoms with Gasteiger partial charge in [-0.2, -0.15) is 0 Å². The van der Waals surface area contributed by atoms with E-state index in [0.717, 1.165) is 11.1 Å². The third kappa shape index (κ3) is 3.09. The molecule has 4 nitrogen and oxygen atoms in total. The SMILES string of the molecule is Cc1ccc(C(=O)NC(C)c2ccc(N)cc2)c(O)c1. The van der Waals surface area contributed by atoms with Crippen molar-refractivity contribution in [3.63, 3.8) is 0 Å². The summed E-state index contributed by atoms with van der Waals surface area (Å²) in [7, 11) is 0. The number of rotatable bonds is 3. The quantitative estimate of drug-likeness (QED) is 0.751. The van der Waals surface area contributed by atoms with Crippen LogP contribution in [0.3, 0.4) is 0 Å². The van der Waals surface area contributed by atoms with E-state index >= 15 is 0 Å². The smallest absolute Gasteiger partial charge is 0.255 e. The number of anilines is 1. The zero-order chi connectivity index (χ0) is 14.7. The molecule has 0 bridgehead atoms. The zero-order valence-electron chi connectivity index (χ0n) is 11.6. The van der Waals surface area contributed by atoms with Crippen molar-refractivity contribution in [2.75, 3.05) is 5.73 Å². The topological polar surface area (TPSA) is 75.4 Å². The molecule has 0 aliphatic rings. The van der Waals surface area contributed by atoms with Crippen LogP contribution in [0, 0.1) is 6.92 Å². The fraction of sp³-hybridized carbons (Fsp3) is 0.188. The predicted octanol–water partition coefficient (Wildman–Crippen LogP) is 2.77. The summed E-state index contributed by atoms with van der Waals surface area (Å²) >= 11 is 0. The molecule has 0 heterocycles. The van der Waals surface area contributed by atoms with E-state index in [2.05, 4.69) is 5.32 Å². The number of hydrogen-bond donors (Lipinski definition) is 3. The van der Waals surface area contributed by atoms with E-state index in [1.807, 2.05) is 26.0 Å². The summed E-state index contributed by atoms with van der Waals surface area (Å²) in [6.45, 7) is 3.74. The van der Waals surface area contributed by atoms with Gasteiger partial charge in [0.25, 0.3) is 5.91 Å². The standard InChI is InChI=1S/C16H18N2O2/c1-10-3-8-14(15(19)9-10)16(20)18-11(2)12-4-6-13(17)7-5-12/h3-9,11,19H,17H2,1-2H3,(H,18,20). The molecule has 0 saturated heterocycles. The minimum absolute atomic E-state index is 0.00740. The van der Waals surface area contributed by atoms with Crippen molar-refractivity contribution in [3.05, 3.63) is 59.2 Å². The normalized spacial score (nSPS) is 11.9. The van der Waals surface area contributed by atoms with Crippen molar-refractivity contribution in [2.24, 2.45) is 0 Å². The molecule has 0 aromatic heterocycles. The van der Waals surface area contributed by atoms with Gasteiger partial charge in [0.15, 0.2) is 0 Å². The van der Waals surface area contributed by atoms with Gasteiger partial charge in [-0.05, 0) is 49.2 Å². The van der Waals surface area contributed by atoms with Crippen LogP contribution in [0.1, 0.15) is 34.5 Å². The molecule has 2 rings (SSSR count). The van der Waals surface area contributed by atoms with Crippen LogP contribution in [-0.4, -0.2) is 11.0 Å². The Morgan fingerprint density at radius 2 is 1.85 bits per heavy atom. The molecule has 0 fully saturated rings. The molecular formula is C16H18N2O2. The summed E-state index contributed by atoms with van der Waals surface area (Å²) in [6.07, 6.45) is 0. The molecule has 4 heteroatoms. The number of nitrogens with one attached hydrogen (secondary N) is 1. The number of hydrogen-bond acceptors (Lipinski definition) is 3. The Bertz CT molecular complexity index is 621. The van der Waals surface area contributed by atoms with Gasteiger partial charge in [-0.3, -0.25) is 4.79 Å². The second kappa shape index (κ2) is 5.65. The first kappa shape index (κ1) is 13.9. The van der Waals surface area contributed by atoms with Crippen LogP contribution < -0.4 is 11.1 Å². The molecule has 0 aliphatic heterocycles. The molecule has 20 heavy (non-hydrogen) atoms. The number of phenols is 1. The van der Waals surface area contributed by atoms with E-state index in [4.69, 9.17) is 5.73 Å². The van der Waals surface area contributed by atoms with Crippen LogP contribution in [0.15, 0.2) is 42.5 Å². The van der Waals surface area contributed by atoms with Crippen LogP contribution in [0.4, 0.5) is 5.69 Å². The van der Waals surface area contributed by atoms with Gasteiger partial charge in [0.2, 0.25) is 0 Å². The summed E-state index contributed by atoms with van der Waals surface area (Å²) in [5, 5.41) is 12.7. The molecule has 0 spiro atoms. The molecule has 2 aromatic carbocycles. The number of nitrogen functional groups attached to an aromatic ring is 1. The molecule has 0 aliphatic carbocycles. The molecule has 2 aromatic rings. The lowest BCUT2D eigenvalue weighted by Gasteiger charge is -2.15. The third-order valence-electron chi connectivity index (χ3n) is 3.18. The highest BCUT2D eigenvalue weighted by molar-refractivity contribution is 5.97. The predicted molar refractivity (Wildman–Crippen MR) is 79.6 cm³/mol. The summed E-state index contributed by atoms with van der Waals surface area (Å²) in [4.78, 5) is 12.1. The molecule has 4 N–H and O–H groups in total. The number of aromatic hydroxyl groups is 1. The number of phenolic OH excluding ortho intramolecular Hbond substituents is 1. The minimum atomic E-state index is -0.299. The van der Waals surface area contributed by atoms with Crippen molar-refractivity contribution in [1.82, 2.24) is 5.32 Å². The lowest BCUT2D eigenvalue weighted by atomic mass is 10.1. The maximum Gasteiger partial charge on any atom is 0.255 e. The number of amides is 1. The van der Waals surface area contributed by atoms with Crippen LogP contribution in [-0.2, 0) is 0 Å². The molecule has 104 valence electrons. The minimum Gasteiger partial charge on any atom is -0.507 e. The van der Waals surface area contributed by atoms with Gasteiger partial charge in [0.1, 0.15) is 5.75 Å². The third-order valence-corrected chi connectivity index (χ3v) is 3.18. The van der Waals surface area contributed by atoms with Crippen molar-refractivity contribution >= 4 is 11.6 Å². The second-order valence-electron chi connectivity index (χ2n) is 4.88. The molecule has 1 amide bonds. The molecule has 0 radical (unpaired) electrons. The largest absolute Gasteiger partial charge is 0.507 e. The lowest BCUT2D eigenvalue weighted by Crippen LogP contribution is -2.26. The Morgan fingerprint density at radius 1 is 1.20 bits per heavy atom. The molecular weight excluding hydrogens is 252 g/mol. The van der Waals surface area contributed by atoms with Crippen LogP contribution in [0.2, 0.25) is 0 Å². The van der Waals surface area contributed by atoms with Crippen molar-refractivity contribution in [2.45, 2.75) is 19.9 Å². The first-order valence-corrected chi connectivity index (χ1v) is 6.43. The fourth-order valence-corrected chi connectivity index (χ4v) is 1.98. The fourth-order valence-electron chi connectivity index (χ4n) is 1.98. The Kier molecular flexibility index (Phi) is 3.94. The number of nitrogens with two attached hydrogens (primary N) is 1. The van der Waals surface area contributed by atoms with E-state index in [0.29, 0.717) is 5.69 Å². The van der Waals surface area contributed by atoms with E-state index in [9.17, 15) is 9.90 Å². The zero-order valence-corrected chi connectivity index (χ0v) is 11.6. The maximum absolute atomic E-state index is 12.1. The number of carbonyl (C=O) groups is 1. The Labute approximate surface area is 118 Å². The number of benzene rings is 2. The van der Waals surface area contributed by atoms with Gasteiger partial charge in [0.05, 0.1) is 11.6 Å². The summed E-state index contributed by atoms with van der Waals surface area (Å²) in [5.74, 6) is -0.307. The first-order chi connectivity index (χ1) is 9.47. The average Bonchev–Trinajstić information content (AvgIpc) is 2.39. The van der Waals surface area contributed by atoms with Gasteiger partial charge in [-0.25, -0.2) is 0 Å².